The minimum atomic E-state index is 0.418. The van der Waals surface area contributed by atoms with Gasteiger partial charge in [0.15, 0.2) is 0 Å². The first-order valence-electron chi connectivity index (χ1n) is 4.92. The molecule has 0 aliphatic rings. The Morgan fingerprint density at radius 2 is 2.00 bits per heavy atom. The number of rotatable bonds is 5. The molecule has 0 heterocycles. The van der Waals surface area contributed by atoms with E-state index >= 15 is 0 Å². The Balaban J connectivity index is 3.98. The molecular formula is C11H21N. The summed E-state index contributed by atoms with van der Waals surface area (Å²) in [4.78, 5) is 4.36. The van der Waals surface area contributed by atoms with Gasteiger partial charge in [0, 0.05) is 12.3 Å². The third kappa shape index (κ3) is 6.14. The zero-order valence-electron chi connectivity index (χ0n) is 8.80. The van der Waals surface area contributed by atoms with Gasteiger partial charge in [-0.1, -0.05) is 26.3 Å². The van der Waals surface area contributed by atoms with Gasteiger partial charge < -0.3 is 0 Å². The summed E-state index contributed by atoms with van der Waals surface area (Å²) in [7, 11) is 0. The van der Waals surface area contributed by atoms with E-state index in [0.29, 0.717) is 6.04 Å². The summed E-state index contributed by atoms with van der Waals surface area (Å²) in [6.45, 7) is 8.57. The normalized spacial score (nSPS) is 13.2. The van der Waals surface area contributed by atoms with Crippen LogP contribution in [0.1, 0.15) is 47.0 Å². The largest absolute Gasteiger partial charge is 0.290 e. The minimum absolute atomic E-state index is 0.418. The number of hydrogen-bond acceptors (Lipinski definition) is 1. The van der Waals surface area contributed by atoms with Crippen LogP contribution in [-0.2, 0) is 0 Å². The SMILES string of the molecule is CCCC=C(C=NC(C)C)CC. The molecule has 0 amide bonds. The first-order chi connectivity index (χ1) is 5.70. The molecule has 0 spiro atoms. The lowest BCUT2D eigenvalue weighted by molar-refractivity contribution is 0.839. The van der Waals surface area contributed by atoms with Gasteiger partial charge in [-0.05, 0) is 32.3 Å². The van der Waals surface area contributed by atoms with Crippen molar-refractivity contribution in [1.29, 1.82) is 0 Å². The van der Waals surface area contributed by atoms with Crippen LogP contribution in [-0.4, -0.2) is 12.3 Å². The zero-order valence-corrected chi connectivity index (χ0v) is 8.80. The topological polar surface area (TPSA) is 12.4 Å². The highest BCUT2D eigenvalue weighted by Crippen LogP contribution is 2.01. The molecule has 0 fully saturated rings. The van der Waals surface area contributed by atoms with Crippen molar-refractivity contribution >= 4 is 6.21 Å². The Bertz CT molecular complexity index is 154. The van der Waals surface area contributed by atoms with E-state index in [9.17, 15) is 0 Å². The molecule has 0 aromatic heterocycles. The standard InChI is InChI=1S/C11H21N/c1-5-7-8-11(6-2)9-12-10(3)4/h8-10H,5-7H2,1-4H3. The van der Waals surface area contributed by atoms with Crippen LogP contribution < -0.4 is 0 Å². The Kier molecular flexibility index (Phi) is 6.73. The van der Waals surface area contributed by atoms with E-state index < -0.39 is 0 Å². The predicted octanol–water partition coefficient (Wildman–Crippen LogP) is 3.60. The quantitative estimate of drug-likeness (QED) is 0.555. The second-order valence-corrected chi connectivity index (χ2v) is 3.29. The third-order valence-electron chi connectivity index (χ3n) is 1.64. The van der Waals surface area contributed by atoms with E-state index in [1.54, 1.807) is 0 Å². The maximum atomic E-state index is 4.36. The molecule has 1 heteroatoms. The van der Waals surface area contributed by atoms with Crippen LogP contribution in [0.25, 0.3) is 0 Å². The fourth-order valence-electron chi connectivity index (χ4n) is 0.863. The highest BCUT2D eigenvalue weighted by Gasteiger charge is 1.89. The molecule has 0 aromatic rings. The summed E-state index contributed by atoms with van der Waals surface area (Å²) in [6.07, 6.45) is 7.79. The van der Waals surface area contributed by atoms with E-state index in [1.165, 1.54) is 18.4 Å². The van der Waals surface area contributed by atoms with Gasteiger partial charge in [-0.15, -0.1) is 0 Å². The second-order valence-electron chi connectivity index (χ2n) is 3.29. The molecule has 0 aliphatic heterocycles. The van der Waals surface area contributed by atoms with Gasteiger partial charge in [-0.2, -0.15) is 0 Å². The summed E-state index contributed by atoms with van der Waals surface area (Å²) in [6, 6.07) is 0.418. The smallest absolute Gasteiger partial charge is 0.0443 e. The van der Waals surface area contributed by atoms with Crippen molar-refractivity contribution in [3.63, 3.8) is 0 Å². The lowest BCUT2D eigenvalue weighted by atomic mass is 10.1. The Hall–Kier alpha value is -0.590. The van der Waals surface area contributed by atoms with Gasteiger partial charge in [0.2, 0.25) is 0 Å². The van der Waals surface area contributed by atoms with E-state index in [2.05, 4.69) is 38.8 Å². The van der Waals surface area contributed by atoms with E-state index in [-0.39, 0.29) is 0 Å². The number of allylic oxidation sites excluding steroid dienone is 2. The highest BCUT2D eigenvalue weighted by atomic mass is 14.7. The third-order valence-corrected chi connectivity index (χ3v) is 1.64. The second kappa shape index (κ2) is 7.08. The van der Waals surface area contributed by atoms with Gasteiger partial charge in [0.1, 0.15) is 0 Å². The first kappa shape index (κ1) is 11.4. The molecule has 0 unspecified atom stereocenters. The highest BCUT2D eigenvalue weighted by molar-refractivity contribution is 5.78. The Morgan fingerprint density at radius 3 is 2.42 bits per heavy atom. The molecule has 70 valence electrons. The number of nitrogens with zero attached hydrogens (tertiary/aromatic N) is 1. The fourth-order valence-corrected chi connectivity index (χ4v) is 0.863. The van der Waals surface area contributed by atoms with E-state index in [0.717, 1.165) is 6.42 Å². The van der Waals surface area contributed by atoms with Gasteiger partial charge in [-0.3, -0.25) is 4.99 Å². The lowest BCUT2D eigenvalue weighted by Crippen LogP contribution is -1.91. The molecule has 1 nitrogen and oxygen atoms in total. The first-order valence-corrected chi connectivity index (χ1v) is 4.92. The van der Waals surface area contributed by atoms with Crippen LogP contribution >= 0.6 is 0 Å². The van der Waals surface area contributed by atoms with Crippen LogP contribution in [0.5, 0.6) is 0 Å². The Morgan fingerprint density at radius 1 is 1.33 bits per heavy atom. The van der Waals surface area contributed by atoms with Crippen LogP contribution in [0.15, 0.2) is 16.6 Å². The van der Waals surface area contributed by atoms with Gasteiger partial charge >= 0.3 is 0 Å². The summed E-state index contributed by atoms with van der Waals surface area (Å²) in [5.74, 6) is 0. The van der Waals surface area contributed by atoms with Crippen molar-refractivity contribution in [3.8, 4) is 0 Å². The fraction of sp³-hybridized carbons (Fsp3) is 0.727. The predicted molar refractivity (Wildman–Crippen MR) is 56.9 cm³/mol. The maximum absolute atomic E-state index is 4.36. The molecule has 0 aliphatic carbocycles. The Labute approximate surface area is 76.6 Å². The average molecular weight is 167 g/mol. The van der Waals surface area contributed by atoms with E-state index in [1.807, 2.05) is 6.21 Å². The summed E-state index contributed by atoms with van der Waals surface area (Å²) in [5.41, 5.74) is 1.37. The van der Waals surface area contributed by atoms with Crippen molar-refractivity contribution in [1.82, 2.24) is 0 Å². The maximum Gasteiger partial charge on any atom is 0.0443 e. The minimum Gasteiger partial charge on any atom is -0.290 e. The van der Waals surface area contributed by atoms with Crippen molar-refractivity contribution in [2.45, 2.75) is 53.0 Å². The number of hydrogen-bond donors (Lipinski definition) is 0. The van der Waals surface area contributed by atoms with Crippen molar-refractivity contribution in [3.05, 3.63) is 11.6 Å². The van der Waals surface area contributed by atoms with Crippen LogP contribution in [0, 0.1) is 0 Å². The molecule has 0 bridgehead atoms. The van der Waals surface area contributed by atoms with Crippen molar-refractivity contribution in [2.75, 3.05) is 0 Å². The molecule has 0 rings (SSSR count). The molecule has 0 aromatic carbocycles. The van der Waals surface area contributed by atoms with Crippen LogP contribution in [0.2, 0.25) is 0 Å². The number of unbranched alkanes of at least 4 members (excludes halogenated alkanes) is 1. The molecular weight excluding hydrogens is 146 g/mol. The molecule has 0 atom stereocenters. The summed E-state index contributed by atoms with van der Waals surface area (Å²) in [5, 5.41) is 0. The molecule has 12 heavy (non-hydrogen) atoms. The van der Waals surface area contributed by atoms with Crippen LogP contribution in [0.4, 0.5) is 0 Å². The van der Waals surface area contributed by atoms with Crippen molar-refractivity contribution < 1.29 is 0 Å². The van der Waals surface area contributed by atoms with Gasteiger partial charge in [-0.25, -0.2) is 0 Å². The summed E-state index contributed by atoms with van der Waals surface area (Å²) >= 11 is 0. The van der Waals surface area contributed by atoms with Gasteiger partial charge in [0.05, 0.1) is 0 Å². The van der Waals surface area contributed by atoms with Gasteiger partial charge in [0.25, 0.3) is 0 Å². The van der Waals surface area contributed by atoms with E-state index in [4.69, 9.17) is 0 Å². The average Bonchev–Trinajstić information content (AvgIpc) is 2.05. The molecule has 0 radical (unpaired) electrons. The molecule has 0 saturated heterocycles. The monoisotopic (exact) mass is 167 g/mol. The zero-order chi connectivity index (χ0) is 9.40. The van der Waals surface area contributed by atoms with Crippen LogP contribution in [0.3, 0.4) is 0 Å². The lowest BCUT2D eigenvalue weighted by Gasteiger charge is -1.98. The number of aliphatic imine (C=N–C) groups is 1. The van der Waals surface area contributed by atoms with Crippen molar-refractivity contribution in [2.24, 2.45) is 4.99 Å². The molecule has 0 saturated carbocycles. The molecule has 0 N–H and O–H groups in total. The summed E-state index contributed by atoms with van der Waals surface area (Å²) < 4.78 is 0.